The highest BCUT2D eigenvalue weighted by molar-refractivity contribution is 6.35. The Labute approximate surface area is 182 Å². The molecule has 1 saturated heterocycles. The molecule has 1 fully saturated rings. The molecule has 2 aromatic rings. The predicted octanol–water partition coefficient (Wildman–Crippen LogP) is 3.26. The smallest absolute Gasteiger partial charge is 0.184 e. The summed E-state index contributed by atoms with van der Waals surface area (Å²) >= 11 is 24.4. The van der Waals surface area contributed by atoms with E-state index in [1.807, 2.05) is 0 Å². The maximum atomic E-state index is 11.5. The van der Waals surface area contributed by atoms with Crippen molar-refractivity contribution < 1.29 is 25.2 Å². The van der Waals surface area contributed by atoms with Gasteiger partial charge in [0, 0.05) is 32.9 Å². The Morgan fingerprint density at radius 3 is 1.61 bits per heavy atom. The first-order valence-electron chi connectivity index (χ1n) is 8.40. The van der Waals surface area contributed by atoms with E-state index in [-0.39, 0.29) is 12.8 Å². The lowest BCUT2D eigenvalue weighted by Crippen LogP contribution is -2.52. The van der Waals surface area contributed by atoms with Crippen molar-refractivity contribution in [3.05, 3.63) is 67.6 Å². The van der Waals surface area contributed by atoms with Crippen molar-refractivity contribution in [3.63, 3.8) is 0 Å². The molecule has 4 N–H and O–H groups in total. The second-order valence-corrected chi connectivity index (χ2v) is 8.54. The van der Waals surface area contributed by atoms with Crippen LogP contribution in [-0.2, 0) is 17.6 Å². The summed E-state index contributed by atoms with van der Waals surface area (Å²) in [5, 5.41) is 43.0. The van der Waals surface area contributed by atoms with Crippen LogP contribution in [0.2, 0.25) is 20.1 Å². The molecular formula is C19H18Cl4O5. The molecule has 0 unspecified atom stereocenters. The molecule has 1 aliphatic rings. The van der Waals surface area contributed by atoms with Gasteiger partial charge in [0.05, 0.1) is 0 Å². The third-order valence-corrected chi connectivity index (χ3v) is 5.97. The zero-order valence-corrected chi connectivity index (χ0v) is 17.4. The molecule has 0 bridgehead atoms. The van der Waals surface area contributed by atoms with Gasteiger partial charge in [0.2, 0.25) is 0 Å². The van der Waals surface area contributed by atoms with E-state index in [0.717, 1.165) is 0 Å². The minimum atomic E-state index is -1.76. The quantitative estimate of drug-likeness (QED) is 0.541. The van der Waals surface area contributed by atoms with Crippen LogP contribution in [-0.4, -0.2) is 50.6 Å². The third-order valence-electron chi connectivity index (χ3n) is 4.79. The van der Waals surface area contributed by atoms with Gasteiger partial charge in [0.1, 0.15) is 23.9 Å². The van der Waals surface area contributed by atoms with Gasteiger partial charge in [-0.1, -0.05) is 58.5 Å². The van der Waals surface area contributed by atoms with E-state index >= 15 is 0 Å². The van der Waals surface area contributed by atoms with Crippen molar-refractivity contribution in [2.45, 2.75) is 43.0 Å². The normalized spacial score (nSPS) is 25.3. The molecule has 0 aliphatic carbocycles. The first kappa shape index (κ1) is 22.1. The zero-order chi connectivity index (χ0) is 20.6. The van der Waals surface area contributed by atoms with Crippen molar-refractivity contribution in [3.8, 4) is 0 Å². The highest BCUT2D eigenvalue weighted by Crippen LogP contribution is 2.37. The average molecular weight is 468 g/mol. The van der Waals surface area contributed by atoms with Crippen LogP contribution >= 0.6 is 46.4 Å². The van der Waals surface area contributed by atoms with E-state index in [1.54, 1.807) is 24.3 Å². The highest BCUT2D eigenvalue weighted by atomic mass is 35.5. The Morgan fingerprint density at radius 2 is 1.25 bits per heavy atom. The SMILES string of the molecule is O[C@@H]1[C@H](O)[C@@H](C(O)(Cc2ccc(Cl)cc2Cl)Cc2ccc(Cl)cc2Cl)O[C@@H]1O. The maximum Gasteiger partial charge on any atom is 0.184 e. The fourth-order valence-electron chi connectivity index (χ4n) is 3.36. The number of halogens is 4. The summed E-state index contributed by atoms with van der Waals surface area (Å²) in [7, 11) is 0. The van der Waals surface area contributed by atoms with Crippen molar-refractivity contribution >= 4 is 46.4 Å². The minimum Gasteiger partial charge on any atom is -0.387 e. The Hall–Kier alpha value is -0.600. The van der Waals surface area contributed by atoms with Crippen LogP contribution in [0.3, 0.4) is 0 Å². The lowest BCUT2D eigenvalue weighted by molar-refractivity contribution is -0.174. The van der Waals surface area contributed by atoms with Gasteiger partial charge in [0.15, 0.2) is 6.29 Å². The first-order valence-corrected chi connectivity index (χ1v) is 9.92. The minimum absolute atomic E-state index is 0.0525. The molecule has 4 atom stereocenters. The average Bonchev–Trinajstić information content (AvgIpc) is 2.88. The largest absolute Gasteiger partial charge is 0.387 e. The van der Waals surface area contributed by atoms with Gasteiger partial charge in [-0.2, -0.15) is 0 Å². The molecule has 1 heterocycles. The summed E-state index contributed by atoms with van der Waals surface area (Å²) in [6, 6.07) is 9.59. The second kappa shape index (κ2) is 8.64. The summed E-state index contributed by atoms with van der Waals surface area (Å²) in [5.74, 6) is 0. The van der Waals surface area contributed by atoms with Crippen molar-refractivity contribution in [1.29, 1.82) is 0 Å². The van der Waals surface area contributed by atoms with Crippen molar-refractivity contribution in [2.75, 3.05) is 0 Å². The van der Waals surface area contributed by atoms with E-state index in [4.69, 9.17) is 51.1 Å². The highest BCUT2D eigenvalue weighted by Gasteiger charge is 2.52. The summed E-state index contributed by atoms with van der Waals surface area (Å²) in [5.41, 5.74) is -0.664. The van der Waals surface area contributed by atoms with Crippen LogP contribution in [0.4, 0.5) is 0 Å². The van der Waals surface area contributed by atoms with Gasteiger partial charge < -0.3 is 25.2 Å². The fraction of sp³-hybridized carbons (Fsp3) is 0.368. The van der Waals surface area contributed by atoms with E-state index in [1.165, 1.54) is 12.1 Å². The molecule has 28 heavy (non-hydrogen) atoms. The molecule has 2 aromatic carbocycles. The second-order valence-electron chi connectivity index (χ2n) is 6.86. The molecule has 0 amide bonds. The number of hydrogen-bond donors (Lipinski definition) is 4. The number of hydrogen-bond acceptors (Lipinski definition) is 5. The van der Waals surface area contributed by atoms with E-state index < -0.39 is 30.2 Å². The number of ether oxygens (including phenoxy) is 1. The van der Waals surface area contributed by atoms with E-state index in [2.05, 4.69) is 0 Å². The Morgan fingerprint density at radius 1 is 0.786 bits per heavy atom. The molecule has 152 valence electrons. The molecule has 3 rings (SSSR count). The Balaban J connectivity index is 2.00. The molecule has 5 nitrogen and oxygen atoms in total. The van der Waals surface area contributed by atoms with Crippen LogP contribution < -0.4 is 0 Å². The van der Waals surface area contributed by atoms with Crippen LogP contribution in [0.25, 0.3) is 0 Å². The van der Waals surface area contributed by atoms with Crippen molar-refractivity contribution in [2.24, 2.45) is 0 Å². The molecule has 0 saturated carbocycles. The molecular weight excluding hydrogens is 450 g/mol. The zero-order valence-electron chi connectivity index (χ0n) is 14.4. The van der Waals surface area contributed by atoms with Gasteiger partial charge >= 0.3 is 0 Å². The summed E-state index contributed by atoms with van der Waals surface area (Å²) in [6.45, 7) is 0. The predicted molar refractivity (Wildman–Crippen MR) is 108 cm³/mol. The number of rotatable bonds is 5. The monoisotopic (exact) mass is 466 g/mol. The number of aliphatic hydroxyl groups is 4. The van der Waals surface area contributed by atoms with Crippen LogP contribution in [0, 0.1) is 0 Å². The topological polar surface area (TPSA) is 90.2 Å². The molecule has 0 aromatic heterocycles. The van der Waals surface area contributed by atoms with Gasteiger partial charge in [-0.25, -0.2) is 0 Å². The summed E-state index contributed by atoms with van der Waals surface area (Å²) in [4.78, 5) is 0. The molecule has 9 heteroatoms. The van der Waals surface area contributed by atoms with Gasteiger partial charge in [-0.05, 0) is 35.4 Å². The molecule has 0 radical (unpaired) electrons. The van der Waals surface area contributed by atoms with Crippen molar-refractivity contribution in [1.82, 2.24) is 0 Å². The third kappa shape index (κ3) is 4.59. The molecule has 0 spiro atoms. The Bertz CT molecular complexity index is 809. The maximum absolute atomic E-state index is 11.5. The van der Waals surface area contributed by atoms with Crippen LogP contribution in [0.5, 0.6) is 0 Å². The molecule has 1 aliphatic heterocycles. The van der Waals surface area contributed by atoms with Crippen LogP contribution in [0.1, 0.15) is 11.1 Å². The van der Waals surface area contributed by atoms with Crippen LogP contribution in [0.15, 0.2) is 36.4 Å². The lowest BCUT2D eigenvalue weighted by Gasteiger charge is -2.36. The first-order chi connectivity index (χ1) is 13.1. The van der Waals surface area contributed by atoms with Gasteiger partial charge in [-0.15, -0.1) is 0 Å². The van der Waals surface area contributed by atoms with Gasteiger partial charge in [-0.3, -0.25) is 0 Å². The number of aliphatic hydroxyl groups excluding tert-OH is 3. The number of benzene rings is 2. The Kier molecular flexibility index (Phi) is 6.82. The lowest BCUT2D eigenvalue weighted by atomic mass is 9.81. The summed E-state index contributed by atoms with van der Waals surface area (Å²) in [6.07, 6.45) is -6.11. The van der Waals surface area contributed by atoms with E-state index in [9.17, 15) is 20.4 Å². The van der Waals surface area contributed by atoms with Gasteiger partial charge in [0.25, 0.3) is 0 Å². The summed E-state index contributed by atoms with van der Waals surface area (Å²) < 4.78 is 5.29. The standard InChI is InChI=1S/C19H18Cl4O5/c20-11-3-1-9(13(22)5-11)7-19(27,17-15(24)16(25)18(26)28-17)8-10-2-4-12(21)6-14(10)23/h1-6,15-18,24-27H,7-8H2/t15-,16+,17-,18-/m0/s1. The fourth-order valence-corrected chi connectivity index (χ4v) is 4.31. The van der Waals surface area contributed by atoms with E-state index in [0.29, 0.717) is 31.2 Å².